The second-order valence-corrected chi connectivity index (χ2v) is 6.37. The third-order valence-electron chi connectivity index (χ3n) is 4.63. The molecule has 0 aliphatic carbocycles. The molecule has 0 radical (unpaired) electrons. The highest BCUT2D eigenvalue weighted by atomic mass is 19.1. The molecule has 6 heteroatoms. The Morgan fingerprint density at radius 2 is 2.09 bits per heavy atom. The first-order chi connectivity index (χ1) is 10.4. The zero-order valence-corrected chi connectivity index (χ0v) is 12.7. The standard InChI is InChI=1S/C16H20FN3O2/c1-15(2)16(21,9-20-11-18-10-19-20)13(8-22-15)7-12-3-5-14(17)6-4-12/h3-6,10-11,13,21H,7-9H2,1-2H3. The SMILES string of the molecule is CC1(C)OCC(Cc2ccc(F)cc2)C1(O)Cn1cncn1. The highest BCUT2D eigenvalue weighted by Gasteiger charge is 2.55. The van der Waals surface area contributed by atoms with Crippen LogP contribution in [0.5, 0.6) is 0 Å². The van der Waals surface area contributed by atoms with E-state index < -0.39 is 11.2 Å². The van der Waals surface area contributed by atoms with E-state index in [1.54, 1.807) is 23.1 Å². The monoisotopic (exact) mass is 305 g/mol. The molecule has 1 N–H and O–H groups in total. The lowest BCUT2D eigenvalue weighted by molar-refractivity contribution is -0.118. The molecular formula is C16H20FN3O2. The van der Waals surface area contributed by atoms with E-state index in [9.17, 15) is 9.50 Å². The van der Waals surface area contributed by atoms with Gasteiger partial charge in [-0.25, -0.2) is 14.1 Å². The molecular weight excluding hydrogens is 285 g/mol. The molecule has 1 aromatic heterocycles. The Morgan fingerprint density at radius 1 is 1.36 bits per heavy atom. The first kappa shape index (κ1) is 15.1. The Hall–Kier alpha value is -1.79. The minimum Gasteiger partial charge on any atom is -0.385 e. The molecule has 1 aliphatic heterocycles. The molecule has 2 unspecified atom stereocenters. The average Bonchev–Trinajstić information content (AvgIpc) is 3.04. The van der Waals surface area contributed by atoms with Gasteiger partial charge in [-0.2, -0.15) is 5.10 Å². The molecule has 1 saturated heterocycles. The van der Waals surface area contributed by atoms with Crippen LogP contribution in [0, 0.1) is 11.7 Å². The second kappa shape index (κ2) is 5.44. The van der Waals surface area contributed by atoms with E-state index in [2.05, 4.69) is 10.1 Å². The lowest BCUT2D eigenvalue weighted by Crippen LogP contribution is -2.54. The highest BCUT2D eigenvalue weighted by Crippen LogP contribution is 2.42. The minimum absolute atomic E-state index is 0.0999. The van der Waals surface area contributed by atoms with Crippen LogP contribution in [0.4, 0.5) is 4.39 Å². The van der Waals surface area contributed by atoms with Gasteiger partial charge in [0.1, 0.15) is 24.1 Å². The summed E-state index contributed by atoms with van der Waals surface area (Å²) in [6.07, 6.45) is 3.65. The van der Waals surface area contributed by atoms with Crippen molar-refractivity contribution in [1.29, 1.82) is 0 Å². The van der Waals surface area contributed by atoms with Crippen LogP contribution in [-0.4, -0.2) is 37.7 Å². The molecule has 0 saturated carbocycles. The number of ether oxygens (including phenoxy) is 1. The Bertz CT molecular complexity index is 627. The maximum Gasteiger partial charge on any atom is 0.137 e. The van der Waals surface area contributed by atoms with Gasteiger partial charge in [-0.05, 0) is 38.0 Å². The molecule has 0 amide bonds. The normalized spacial score (nSPS) is 27.2. The summed E-state index contributed by atoms with van der Waals surface area (Å²) in [5.41, 5.74) is -0.789. The second-order valence-electron chi connectivity index (χ2n) is 6.37. The van der Waals surface area contributed by atoms with Crippen LogP contribution < -0.4 is 0 Å². The van der Waals surface area contributed by atoms with Gasteiger partial charge in [-0.3, -0.25) is 0 Å². The van der Waals surface area contributed by atoms with Gasteiger partial charge in [0.25, 0.3) is 0 Å². The van der Waals surface area contributed by atoms with E-state index in [4.69, 9.17) is 4.74 Å². The van der Waals surface area contributed by atoms with Crippen LogP contribution in [0.1, 0.15) is 19.4 Å². The third kappa shape index (κ3) is 2.64. The summed E-state index contributed by atoms with van der Waals surface area (Å²) < 4.78 is 20.5. The predicted octanol–water partition coefficient (Wildman–Crippen LogP) is 1.82. The third-order valence-corrected chi connectivity index (χ3v) is 4.63. The van der Waals surface area contributed by atoms with E-state index in [0.29, 0.717) is 19.6 Å². The van der Waals surface area contributed by atoms with Crippen LogP contribution in [0.2, 0.25) is 0 Å². The lowest BCUT2D eigenvalue weighted by atomic mass is 9.76. The maximum absolute atomic E-state index is 13.0. The van der Waals surface area contributed by atoms with Crippen LogP contribution in [0.15, 0.2) is 36.9 Å². The highest BCUT2D eigenvalue weighted by molar-refractivity contribution is 5.19. The fourth-order valence-electron chi connectivity index (χ4n) is 3.08. The molecule has 2 heterocycles. The summed E-state index contributed by atoms with van der Waals surface area (Å²) in [6.45, 7) is 4.53. The van der Waals surface area contributed by atoms with Crippen molar-refractivity contribution in [2.45, 2.75) is 38.0 Å². The molecule has 0 bridgehead atoms. The first-order valence-electron chi connectivity index (χ1n) is 7.34. The smallest absolute Gasteiger partial charge is 0.137 e. The van der Waals surface area contributed by atoms with Crippen molar-refractivity contribution >= 4 is 0 Å². The molecule has 1 fully saturated rings. The topological polar surface area (TPSA) is 60.2 Å². The predicted molar refractivity (Wildman–Crippen MR) is 78.6 cm³/mol. The summed E-state index contributed by atoms with van der Waals surface area (Å²) >= 11 is 0. The lowest BCUT2D eigenvalue weighted by Gasteiger charge is -2.38. The quantitative estimate of drug-likeness (QED) is 0.936. The van der Waals surface area contributed by atoms with E-state index in [1.807, 2.05) is 13.8 Å². The summed E-state index contributed by atoms with van der Waals surface area (Å²) in [6, 6.07) is 6.37. The zero-order chi connectivity index (χ0) is 15.8. The average molecular weight is 305 g/mol. The van der Waals surface area contributed by atoms with Gasteiger partial charge >= 0.3 is 0 Å². The van der Waals surface area contributed by atoms with Gasteiger partial charge in [0.05, 0.1) is 18.8 Å². The molecule has 2 atom stereocenters. The number of benzene rings is 1. The molecule has 118 valence electrons. The molecule has 0 spiro atoms. The first-order valence-corrected chi connectivity index (χ1v) is 7.34. The summed E-state index contributed by atoms with van der Waals surface area (Å²) in [5.74, 6) is -0.359. The minimum atomic E-state index is -1.07. The van der Waals surface area contributed by atoms with Gasteiger partial charge < -0.3 is 9.84 Å². The van der Waals surface area contributed by atoms with Crippen LogP contribution >= 0.6 is 0 Å². The van der Waals surface area contributed by atoms with Crippen molar-refractivity contribution in [3.63, 3.8) is 0 Å². The van der Waals surface area contributed by atoms with E-state index in [0.717, 1.165) is 5.56 Å². The maximum atomic E-state index is 13.0. The Morgan fingerprint density at radius 3 is 2.73 bits per heavy atom. The molecule has 2 aromatic rings. The Kier molecular flexibility index (Phi) is 3.74. The number of aliphatic hydroxyl groups is 1. The molecule has 5 nitrogen and oxygen atoms in total. The number of rotatable bonds is 4. The molecule has 1 aliphatic rings. The van der Waals surface area contributed by atoms with Gasteiger partial charge in [0.15, 0.2) is 0 Å². The molecule has 1 aromatic carbocycles. The summed E-state index contributed by atoms with van der Waals surface area (Å²) in [5, 5.41) is 15.4. The van der Waals surface area contributed by atoms with Crippen molar-refractivity contribution in [2.75, 3.05) is 6.61 Å². The van der Waals surface area contributed by atoms with Gasteiger partial charge in [0.2, 0.25) is 0 Å². The van der Waals surface area contributed by atoms with Gasteiger partial charge in [-0.15, -0.1) is 0 Å². The van der Waals surface area contributed by atoms with Crippen LogP contribution in [0.3, 0.4) is 0 Å². The summed E-state index contributed by atoms with van der Waals surface area (Å²) in [4.78, 5) is 3.92. The van der Waals surface area contributed by atoms with E-state index in [1.165, 1.54) is 18.5 Å². The number of halogens is 1. The van der Waals surface area contributed by atoms with Crippen LogP contribution in [-0.2, 0) is 17.7 Å². The largest absolute Gasteiger partial charge is 0.385 e. The number of hydrogen-bond donors (Lipinski definition) is 1. The van der Waals surface area contributed by atoms with Crippen molar-refractivity contribution in [1.82, 2.24) is 14.8 Å². The Balaban J connectivity index is 1.84. The van der Waals surface area contributed by atoms with Gasteiger partial charge in [-0.1, -0.05) is 12.1 Å². The number of aromatic nitrogens is 3. The van der Waals surface area contributed by atoms with Crippen molar-refractivity contribution in [2.24, 2.45) is 5.92 Å². The van der Waals surface area contributed by atoms with Crippen molar-refractivity contribution in [3.8, 4) is 0 Å². The van der Waals surface area contributed by atoms with E-state index in [-0.39, 0.29) is 11.7 Å². The summed E-state index contributed by atoms with van der Waals surface area (Å²) in [7, 11) is 0. The van der Waals surface area contributed by atoms with Gasteiger partial charge in [0, 0.05) is 5.92 Å². The Labute approximate surface area is 128 Å². The fourth-order valence-corrected chi connectivity index (χ4v) is 3.08. The van der Waals surface area contributed by atoms with Crippen molar-refractivity contribution in [3.05, 3.63) is 48.3 Å². The van der Waals surface area contributed by atoms with Crippen LogP contribution in [0.25, 0.3) is 0 Å². The molecule has 3 rings (SSSR count). The van der Waals surface area contributed by atoms with E-state index >= 15 is 0 Å². The fraction of sp³-hybridized carbons (Fsp3) is 0.500. The number of hydrogen-bond acceptors (Lipinski definition) is 4. The molecule has 22 heavy (non-hydrogen) atoms. The van der Waals surface area contributed by atoms with Crippen molar-refractivity contribution < 1.29 is 14.2 Å². The number of nitrogens with zero attached hydrogens (tertiary/aromatic N) is 3. The zero-order valence-electron chi connectivity index (χ0n) is 12.7.